The number of fused-ring (bicyclic) bond motifs is 1. The van der Waals surface area contributed by atoms with Gasteiger partial charge in [-0.15, -0.1) is 0 Å². The van der Waals surface area contributed by atoms with E-state index in [0.29, 0.717) is 0 Å². The summed E-state index contributed by atoms with van der Waals surface area (Å²) in [5.74, 6) is 0. The number of amides is 1. The number of hydrogen-bond acceptors (Lipinski definition) is 9. The second-order valence-corrected chi connectivity index (χ2v) is 11.1. The van der Waals surface area contributed by atoms with Crippen molar-refractivity contribution in [2.24, 2.45) is 0 Å². The first-order valence-electron chi connectivity index (χ1n) is 12.8. The molecule has 6 atom stereocenters. The minimum Gasteiger partial charge on any atom is -0.445 e. The minimum atomic E-state index is -3.99. The molecule has 11 heteroatoms. The summed E-state index contributed by atoms with van der Waals surface area (Å²) in [4.78, 5) is 12.9. The molecule has 212 valence electrons. The molecular weight excluding hydrogens is 538 g/mol. The molecule has 0 unspecified atom stereocenters. The van der Waals surface area contributed by atoms with E-state index in [0.717, 1.165) is 22.9 Å². The van der Waals surface area contributed by atoms with E-state index in [2.05, 4.69) is 5.32 Å². The normalized spacial score (nSPS) is 26.4. The number of hydrogen-bond donors (Lipinski definition) is 1. The largest absolute Gasteiger partial charge is 0.445 e. The number of carbonyl (C=O) groups excluding carboxylic acids is 1. The maximum atomic E-state index is 12.9. The van der Waals surface area contributed by atoms with Crippen molar-refractivity contribution in [3.05, 3.63) is 108 Å². The van der Waals surface area contributed by atoms with Crippen LogP contribution in [-0.2, 0) is 51.2 Å². The van der Waals surface area contributed by atoms with Crippen LogP contribution in [0.3, 0.4) is 0 Å². The monoisotopic (exact) mass is 569 g/mol. The average molecular weight is 570 g/mol. The van der Waals surface area contributed by atoms with Crippen LogP contribution in [0.2, 0.25) is 0 Å². The van der Waals surface area contributed by atoms with Crippen molar-refractivity contribution in [3.8, 4) is 0 Å². The summed E-state index contributed by atoms with van der Waals surface area (Å²) in [6.45, 7) is 0.240. The summed E-state index contributed by atoms with van der Waals surface area (Å²) < 4.78 is 60.2. The third kappa shape index (κ3) is 7.45. The molecule has 40 heavy (non-hydrogen) atoms. The van der Waals surface area contributed by atoms with E-state index in [4.69, 9.17) is 27.9 Å². The number of carbonyl (C=O) groups is 1. The lowest BCUT2D eigenvalue weighted by Crippen LogP contribution is -2.67. The Morgan fingerprint density at radius 3 is 2.10 bits per heavy atom. The van der Waals surface area contributed by atoms with Gasteiger partial charge in [0.25, 0.3) is 10.1 Å². The van der Waals surface area contributed by atoms with E-state index >= 15 is 0 Å². The molecule has 2 aliphatic heterocycles. The number of benzene rings is 3. The summed E-state index contributed by atoms with van der Waals surface area (Å²) in [5, 5.41) is 2.71. The van der Waals surface area contributed by atoms with E-state index in [9.17, 15) is 13.2 Å². The molecule has 10 nitrogen and oxygen atoms in total. The highest BCUT2D eigenvalue weighted by molar-refractivity contribution is 7.86. The quantitative estimate of drug-likeness (QED) is 0.385. The molecule has 1 N–H and O–H groups in total. The fourth-order valence-corrected chi connectivity index (χ4v) is 5.25. The highest BCUT2D eigenvalue weighted by atomic mass is 32.2. The first kappa shape index (κ1) is 28.2. The zero-order chi connectivity index (χ0) is 28.0. The Morgan fingerprint density at radius 2 is 1.48 bits per heavy atom. The molecule has 0 aromatic heterocycles. The fraction of sp³-hybridized carbons (Fsp3) is 0.345. The van der Waals surface area contributed by atoms with Crippen LogP contribution in [0.25, 0.3) is 0 Å². The second kappa shape index (κ2) is 12.9. The Kier molecular flexibility index (Phi) is 9.10. The molecule has 0 saturated carbocycles. The van der Waals surface area contributed by atoms with Crippen molar-refractivity contribution in [2.45, 2.75) is 50.1 Å². The molecule has 1 amide bonds. The van der Waals surface area contributed by atoms with Gasteiger partial charge in [0.1, 0.15) is 31.0 Å². The average Bonchev–Trinajstić information content (AvgIpc) is 2.97. The summed E-state index contributed by atoms with van der Waals surface area (Å²) in [7, 11) is -3.99. The van der Waals surface area contributed by atoms with E-state index in [1.165, 1.54) is 0 Å². The molecule has 0 spiro atoms. The molecule has 3 aromatic rings. The van der Waals surface area contributed by atoms with Gasteiger partial charge in [-0.25, -0.2) is 4.79 Å². The van der Waals surface area contributed by atoms with E-state index in [-0.39, 0.29) is 19.8 Å². The van der Waals surface area contributed by atoms with Crippen LogP contribution in [-0.4, -0.2) is 58.0 Å². The second-order valence-electron chi connectivity index (χ2n) is 9.51. The van der Waals surface area contributed by atoms with Gasteiger partial charge < -0.3 is 29.0 Å². The zero-order valence-electron chi connectivity index (χ0n) is 21.8. The van der Waals surface area contributed by atoms with Gasteiger partial charge in [0.2, 0.25) is 0 Å². The van der Waals surface area contributed by atoms with Crippen LogP contribution in [0, 0.1) is 0 Å². The molecule has 2 heterocycles. The molecule has 2 fully saturated rings. The van der Waals surface area contributed by atoms with Crippen LogP contribution in [0.15, 0.2) is 91.0 Å². The van der Waals surface area contributed by atoms with Gasteiger partial charge in [-0.2, -0.15) is 8.42 Å². The number of nitrogens with one attached hydrogen (secondary N) is 1. The molecule has 0 bridgehead atoms. The summed E-state index contributed by atoms with van der Waals surface area (Å²) >= 11 is 0. The smallest absolute Gasteiger partial charge is 0.407 e. The molecule has 2 saturated heterocycles. The van der Waals surface area contributed by atoms with Gasteiger partial charge in [-0.05, 0) is 11.1 Å². The maximum Gasteiger partial charge on any atom is 0.407 e. The Bertz CT molecular complexity index is 1340. The van der Waals surface area contributed by atoms with Gasteiger partial charge in [0.05, 0.1) is 19.5 Å². The molecule has 0 aliphatic carbocycles. The van der Waals surface area contributed by atoms with Gasteiger partial charge in [0, 0.05) is 5.56 Å². The van der Waals surface area contributed by atoms with Gasteiger partial charge in [-0.1, -0.05) is 91.0 Å². The minimum absolute atomic E-state index is 0.0138. The van der Waals surface area contributed by atoms with Crippen molar-refractivity contribution in [3.63, 3.8) is 0 Å². The van der Waals surface area contributed by atoms with Crippen LogP contribution < -0.4 is 5.32 Å². The molecule has 0 radical (unpaired) electrons. The first-order valence-corrected chi connectivity index (χ1v) is 14.7. The van der Waals surface area contributed by atoms with Crippen LogP contribution in [0.1, 0.15) is 23.0 Å². The summed E-state index contributed by atoms with van der Waals surface area (Å²) in [6, 6.07) is 26.7. The van der Waals surface area contributed by atoms with Crippen molar-refractivity contribution < 1.29 is 41.1 Å². The van der Waals surface area contributed by atoms with Crippen molar-refractivity contribution in [1.29, 1.82) is 0 Å². The van der Waals surface area contributed by atoms with Gasteiger partial charge in [-0.3, -0.25) is 4.18 Å². The molecule has 2 aliphatic rings. The Labute approximate surface area is 233 Å². The lowest BCUT2D eigenvalue weighted by Gasteiger charge is -2.48. The standard InChI is InChI=1S/C29H31NO9S/c1-40(32,33)39-26-24(30-29(31)36-18-21-13-7-3-8-14-21)28(34-17-20-11-5-2-6-12-20)37-23-19-35-27(38-25(23)26)22-15-9-4-10-16-22/h2-16,23-28H,17-19H2,1H3,(H,30,31)/t23-,24+,25-,26+,27-,28+/m1/s1. The molecular formula is C29H31NO9S. The number of rotatable bonds is 9. The SMILES string of the molecule is CS(=O)(=O)O[C@H]1[C@H](NC(=O)OCc2ccccc2)[C@@H](OCc2ccccc2)O[C@@H]2CO[C@@H](c3ccccc3)O[C@@H]12. The fourth-order valence-electron chi connectivity index (χ4n) is 4.62. The van der Waals surface area contributed by atoms with Gasteiger partial charge in [0.15, 0.2) is 12.6 Å². The number of ether oxygens (including phenoxy) is 5. The summed E-state index contributed by atoms with van der Waals surface area (Å²) in [6.07, 6.45) is -4.58. The van der Waals surface area contributed by atoms with Gasteiger partial charge >= 0.3 is 6.09 Å². The van der Waals surface area contributed by atoms with Crippen LogP contribution >= 0.6 is 0 Å². The van der Waals surface area contributed by atoms with E-state index in [1.807, 2.05) is 91.0 Å². The highest BCUT2D eigenvalue weighted by Crippen LogP contribution is 2.36. The third-order valence-corrected chi connectivity index (χ3v) is 7.02. The highest BCUT2D eigenvalue weighted by Gasteiger charge is 2.53. The predicted molar refractivity (Wildman–Crippen MR) is 143 cm³/mol. The van der Waals surface area contributed by atoms with Crippen LogP contribution in [0.4, 0.5) is 4.79 Å². The van der Waals surface area contributed by atoms with Crippen molar-refractivity contribution >= 4 is 16.2 Å². The van der Waals surface area contributed by atoms with Crippen LogP contribution in [0.5, 0.6) is 0 Å². The zero-order valence-corrected chi connectivity index (χ0v) is 22.6. The summed E-state index contributed by atoms with van der Waals surface area (Å²) in [5.41, 5.74) is 2.39. The first-order chi connectivity index (χ1) is 19.4. The van der Waals surface area contributed by atoms with Crippen molar-refractivity contribution in [1.82, 2.24) is 5.32 Å². The lowest BCUT2D eigenvalue weighted by molar-refractivity contribution is -0.342. The lowest BCUT2D eigenvalue weighted by atomic mass is 9.95. The molecule has 5 rings (SSSR count). The van der Waals surface area contributed by atoms with Crippen molar-refractivity contribution in [2.75, 3.05) is 12.9 Å². The number of alkyl carbamates (subject to hydrolysis) is 1. The molecule has 3 aromatic carbocycles. The Hall–Kier alpha value is -3.32. The third-order valence-electron chi connectivity index (χ3n) is 6.45. The Morgan fingerprint density at radius 1 is 0.875 bits per heavy atom. The predicted octanol–water partition coefficient (Wildman–Crippen LogP) is 3.68. The Balaban J connectivity index is 1.39. The maximum absolute atomic E-state index is 12.9. The topological polar surface area (TPSA) is 119 Å². The van der Waals surface area contributed by atoms with E-state index in [1.54, 1.807) is 0 Å². The van der Waals surface area contributed by atoms with E-state index < -0.39 is 53.1 Å².